The van der Waals surface area contributed by atoms with Crippen molar-refractivity contribution in [3.05, 3.63) is 59.1 Å². The van der Waals surface area contributed by atoms with Gasteiger partial charge in [-0.1, -0.05) is 41.9 Å². The van der Waals surface area contributed by atoms with E-state index in [4.69, 9.17) is 16.0 Å². The van der Waals surface area contributed by atoms with Gasteiger partial charge in [0.25, 0.3) is 5.22 Å². The van der Waals surface area contributed by atoms with E-state index in [1.165, 1.54) is 11.8 Å². The fourth-order valence-electron chi connectivity index (χ4n) is 2.62. The average Bonchev–Trinajstić information content (AvgIpc) is 3.03. The maximum Gasteiger partial charge on any atom is 0.257 e. The quantitative estimate of drug-likeness (QED) is 0.557. The molecule has 0 aliphatic rings. The van der Waals surface area contributed by atoms with Gasteiger partial charge in [-0.05, 0) is 49.4 Å². The second kappa shape index (κ2) is 7.93. The first-order chi connectivity index (χ1) is 12.1. The molecule has 0 aliphatic heterocycles. The second-order valence-corrected chi connectivity index (χ2v) is 7.00. The van der Waals surface area contributed by atoms with Crippen LogP contribution < -0.4 is 0 Å². The number of aromatic nitrogens is 1. The number of halogens is 1. The molecule has 1 heterocycles. The summed E-state index contributed by atoms with van der Waals surface area (Å²) in [6.45, 7) is 5.30. The van der Waals surface area contributed by atoms with Crippen LogP contribution in [0, 0.1) is 0 Å². The number of likely N-dealkylation sites (N-methyl/N-ethyl adjacent to an activating group) is 1. The fraction of sp³-hybridized carbons (Fsp3) is 0.263. The lowest BCUT2D eigenvalue weighted by Gasteiger charge is -2.24. The zero-order valence-corrected chi connectivity index (χ0v) is 15.7. The molecule has 1 atom stereocenters. The molecule has 6 heteroatoms. The number of nitrogens with zero attached hydrogens (tertiary/aromatic N) is 2. The van der Waals surface area contributed by atoms with Gasteiger partial charge in [0.1, 0.15) is 10.8 Å². The van der Waals surface area contributed by atoms with Crippen molar-refractivity contribution >= 4 is 40.4 Å². The molecule has 0 saturated carbocycles. The number of oxazole rings is 1. The molecule has 130 valence electrons. The van der Waals surface area contributed by atoms with Crippen molar-refractivity contribution in [3.8, 4) is 0 Å². The SMILES string of the molecule is CCN(CC)C(=O)[C@H](Sc1nc2cc(Cl)ccc2o1)c1ccccc1. The number of hydrogen-bond acceptors (Lipinski definition) is 4. The maximum atomic E-state index is 13.0. The predicted molar refractivity (Wildman–Crippen MR) is 102 cm³/mol. The van der Waals surface area contributed by atoms with Crippen LogP contribution in [0.3, 0.4) is 0 Å². The van der Waals surface area contributed by atoms with E-state index in [1.54, 1.807) is 18.2 Å². The summed E-state index contributed by atoms with van der Waals surface area (Å²) in [5.74, 6) is 0.0569. The second-order valence-electron chi connectivity index (χ2n) is 5.51. The van der Waals surface area contributed by atoms with Gasteiger partial charge < -0.3 is 9.32 Å². The smallest absolute Gasteiger partial charge is 0.257 e. The highest BCUT2D eigenvalue weighted by molar-refractivity contribution is 8.00. The summed E-state index contributed by atoms with van der Waals surface area (Å²) in [4.78, 5) is 19.3. The Balaban J connectivity index is 1.94. The molecule has 1 amide bonds. The Morgan fingerprint density at radius 3 is 2.60 bits per heavy atom. The van der Waals surface area contributed by atoms with Gasteiger partial charge in [-0.25, -0.2) is 4.98 Å². The van der Waals surface area contributed by atoms with Crippen molar-refractivity contribution in [1.82, 2.24) is 9.88 Å². The average molecular weight is 375 g/mol. The van der Waals surface area contributed by atoms with Crippen LogP contribution >= 0.6 is 23.4 Å². The number of carbonyl (C=O) groups is 1. The van der Waals surface area contributed by atoms with Crippen LogP contribution in [-0.2, 0) is 4.79 Å². The van der Waals surface area contributed by atoms with E-state index in [1.807, 2.05) is 49.1 Å². The van der Waals surface area contributed by atoms with Crippen LogP contribution in [0.15, 0.2) is 58.2 Å². The summed E-state index contributed by atoms with van der Waals surface area (Å²) in [5, 5.41) is 0.674. The van der Waals surface area contributed by atoms with Crippen LogP contribution in [0.2, 0.25) is 5.02 Å². The third-order valence-corrected chi connectivity index (χ3v) is 5.27. The molecule has 3 rings (SSSR count). The van der Waals surface area contributed by atoms with Crippen LogP contribution in [-0.4, -0.2) is 28.9 Å². The van der Waals surface area contributed by atoms with Crippen molar-refractivity contribution < 1.29 is 9.21 Å². The lowest BCUT2D eigenvalue weighted by atomic mass is 10.1. The summed E-state index contributed by atoms with van der Waals surface area (Å²) >= 11 is 7.34. The molecule has 0 bridgehead atoms. The molecular formula is C19H19ClN2O2S. The highest BCUT2D eigenvalue weighted by Gasteiger charge is 2.27. The van der Waals surface area contributed by atoms with Crippen LogP contribution in [0.4, 0.5) is 0 Å². The number of benzene rings is 2. The molecule has 0 saturated heterocycles. The molecule has 0 unspecified atom stereocenters. The van der Waals surface area contributed by atoms with Crippen molar-refractivity contribution in [3.63, 3.8) is 0 Å². The Morgan fingerprint density at radius 1 is 1.20 bits per heavy atom. The van der Waals surface area contributed by atoms with E-state index in [-0.39, 0.29) is 5.91 Å². The normalized spacial score (nSPS) is 12.3. The first-order valence-corrected chi connectivity index (χ1v) is 9.44. The first-order valence-electron chi connectivity index (χ1n) is 8.18. The number of carbonyl (C=O) groups excluding carboxylic acids is 1. The van der Waals surface area contributed by atoms with Gasteiger partial charge in [-0.3, -0.25) is 4.79 Å². The number of rotatable bonds is 6. The number of hydrogen-bond donors (Lipinski definition) is 0. The largest absolute Gasteiger partial charge is 0.431 e. The molecule has 0 fully saturated rings. The topological polar surface area (TPSA) is 46.3 Å². The van der Waals surface area contributed by atoms with Gasteiger partial charge in [0.05, 0.1) is 0 Å². The highest BCUT2D eigenvalue weighted by Crippen LogP contribution is 2.37. The van der Waals surface area contributed by atoms with E-state index in [2.05, 4.69) is 4.98 Å². The molecule has 0 N–H and O–H groups in total. The van der Waals surface area contributed by atoms with Crippen molar-refractivity contribution in [2.45, 2.75) is 24.3 Å². The van der Waals surface area contributed by atoms with Gasteiger partial charge >= 0.3 is 0 Å². The molecule has 2 aromatic carbocycles. The Hall–Kier alpha value is -1.98. The summed E-state index contributed by atoms with van der Waals surface area (Å²) in [6, 6.07) is 15.0. The Labute approximate surface area is 156 Å². The molecule has 25 heavy (non-hydrogen) atoms. The maximum absolute atomic E-state index is 13.0. The molecule has 1 aromatic heterocycles. The summed E-state index contributed by atoms with van der Waals surface area (Å²) in [6.07, 6.45) is 0. The number of fused-ring (bicyclic) bond motifs is 1. The van der Waals surface area contributed by atoms with E-state index < -0.39 is 5.25 Å². The molecule has 4 nitrogen and oxygen atoms in total. The molecular weight excluding hydrogens is 356 g/mol. The fourth-order valence-corrected chi connectivity index (χ4v) is 3.82. The molecule has 0 spiro atoms. The van der Waals surface area contributed by atoms with E-state index in [0.717, 1.165) is 5.56 Å². The van der Waals surface area contributed by atoms with Gasteiger partial charge in [0.2, 0.25) is 5.91 Å². The summed E-state index contributed by atoms with van der Waals surface area (Å²) in [7, 11) is 0. The summed E-state index contributed by atoms with van der Waals surface area (Å²) in [5.41, 5.74) is 2.29. The number of amides is 1. The Kier molecular flexibility index (Phi) is 5.66. The third-order valence-electron chi connectivity index (χ3n) is 3.95. The van der Waals surface area contributed by atoms with Gasteiger partial charge in [0, 0.05) is 18.1 Å². The highest BCUT2D eigenvalue weighted by atomic mass is 35.5. The molecule has 0 radical (unpaired) electrons. The monoisotopic (exact) mass is 374 g/mol. The van der Waals surface area contributed by atoms with Crippen LogP contribution in [0.5, 0.6) is 0 Å². The van der Waals surface area contributed by atoms with E-state index in [9.17, 15) is 4.79 Å². The van der Waals surface area contributed by atoms with Crippen LogP contribution in [0.1, 0.15) is 24.7 Å². The standard InChI is InChI=1S/C19H19ClN2O2S/c1-3-22(4-2)18(23)17(13-8-6-5-7-9-13)25-19-21-15-12-14(20)10-11-16(15)24-19/h5-12,17H,3-4H2,1-2H3/t17-/m1/s1. The number of thioether (sulfide) groups is 1. The van der Waals surface area contributed by atoms with Gasteiger partial charge in [-0.15, -0.1) is 0 Å². The zero-order valence-electron chi connectivity index (χ0n) is 14.1. The Morgan fingerprint density at radius 2 is 1.92 bits per heavy atom. The van der Waals surface area contributed by atoms with Crippen molar-refractivity contribution in [2.24, 2.45) is 0 Å². The van der Waals surface area contributed by atoms with Gasteiger partial charge in [-0.2, -0.15) is 0 Å². The minimum atomic E-state index is -0.398. The molecule has 3 aromatic rings. The minimum absolute atomic E-state index is 0.0569. The van der Waals surface area contributed by atoms with Crippen molar-refractivity contribution in [2.75, 3.05) is 13.1 Å². The first kappa shape index (κ1) is 17.8. The third kappa shape index (κ3) is 3.99. The predicted octanol–water partition coefficient (Wildman–Crippen LogP) is 5.18. The van der Waals surface area contributed by atoms with E-state index >= 15 is 0 Å². The zero-order chi connectivity index (χ0) is 17.8. The lowest BCUT2D eigenvalue weighted by Crippen LogP contribution is -2.33. The van der Waals surface area contributed by atoms with Crippen molar-refractivity contribution in [1.29, 1.82) is 0 Å². The van der Waals surface area contributed by atoms with Gasteiger partial charge in [0.15, 0.2) is 5.58 Å². The van der Waals surface area contributed by atoms with E-state index in [0.29, 0.717) is 34.4 Å². The minimum Gasteiger partial charge on any atom is -0.431 e. The Bertz CT molecular complexity index is 862. The molecule has 0 aliphatic carbocycles. The lowest BCUT2D eigenvalue weighted by molar-refractivity contribution is -0.130. The van der Waals surface area contributed by atoms with Crippen LogP contribution in [0.25, 0.3) is 11.1 Å². The summed E-state index contributed by atoms with van der Waals surface area (Å²) < 4.78 is 5.79.